The van der Waals surface area contributed by atoms with Gasteiger partial charge in [0.2, 0.25) is 0 Å². The van der Waals surface area contributed by atoms with Gasteiger partial charge >= 0.3 is 0 Å². The number of rotatable bonds is 2. The molecule has 0 aromatic carbocycles. The first kappa shape index (κ1) is 12.0. The van der Waals surface area contributed by atoms with Crippen molar-refractivity contribution in [3.63, 3.8) is 0 Å². The summed E-state index contributed by atoms with van der Waals surface area (Å²) in [5, 5.41) is 5.54. The van der Waals surface area contributed by atoms with Gasteiger partial charge in [-0.3, -0.25) is 9.36 Å². The molecule has 0 bridgehead atoms. The van der Waals surface area contributed by atoms with E-state index >= 15 is 0 Å². The van der Waals surface area contributed by atoms with Crippen LogP contribution in [0.2, 0.25) is 0 Å². The summed E-state index contributed by atoms with van der Waals surface area (Å²) in [4.78, 5) is 18.9. The maximum absolute atomic E-state index is 12.4. The van der Waals surface area contributed by atoms with Gasteiger partial charge in [0, 0.05) is 22.9 Å². The Morgan fingerprint density at radius 1 is 1.39 bits per heavy atom. The predicted molar refractivity (Wildman–Crippen MR) is 80.0 cm³/mol. The van der Waals surface area contributed by atoms with Gasteiger partial charge in [-0.25, -0.2) is 4.98 Å². The van der Waals surface area contributed by atoms with Crippen LogP contribution in [0.1, 0.15) is 0 Å². The first-order valence-electron chi connectivity index (χ1n) is 5.28. The molecule has 3 nitrogen and oxygen atoms in total. The summed E-state index contributed by atoms with van der Waals surface area (Å²) in [6, 6.07) is 4.03. The lowest BCUT2D eigenvalue weighted by molar-refractivity contribution is 0.729. The summed E-state index contributed by atoms with van der Waals surface area (Å²) in [5.74, 6) is 0. The third-order valence-electron chi connectivity index (χ3n) is 2.74. The lowest BCUT2D eigenvalue weighted by Gasteiger charge is -2.04. The molecule has 18 heavy (non-hydrogen) atoms. The van der Waals surface area contributed by atoms with Crippen molar-refractivity contribution in [1.29, 1.82) is 0 Å². The highest BCUT2D eigenvalue weighted by Crippen LogP contribution is 2.34. The number of aromatic nitrogens is 2. The van der Waals surface area contributed by atoms with Gasteiger partial charge < -0.3 is 0 Å². The first-order valence-corrected chi connectivity index (χ1v) is 8.27. The minimum atomic E-state index is 0.0361. The highest BCUT2D eigenvalue weighted by atomic mass is 32.2. The van der Waals surface area contributed by atoms with Crippen LogP contribution < -0.4 is 5.56 Å². The summed E-state index contributed by atoms with van der Waals surface area (Å²) in [6.45, 7) is 0. The fraction of sp³-hybridized carbons (Fsp3) is 0.167. The van der Waals surface area contributed by atoms with Gasteiger partial charge in [0.1, 0.15) is 4.83 Å². The fourth-order valence-electron chi connectivity index (χ4n) is 1.85. The fourth-order valence-corrected chi connectivity index (χ4v) is 4.20. The van der Waals surface area contributed by atoms with E-state index in [4.69, 9.17) is 0 Å². The Balaban J connectivity index is 2.39. The van der Waals surface area contributed by atoms with Gasteiger partial charge in [-0.15, -0.1) is 22.7 Å². The molecule has 0 amide bonds. The third kappa shape index (κ3) is 1.72. The summed E-state index contributed by atoms with van der Waals surface area (Å²) in [6.07, 6.45) is 1.93. The molecule has 0 aliphatic rings. The maximum atomic E-state index is 12.4. The highest BCUT2D eigenvalue weighted by Gasteiger charge is 2.15. The summed E-state index contributed by atoms with van der Waals surface area (Å²) >= 11 is 4.67. The molecule has 0 aliphatic heterocycles. The molecule has 3 aromatic heterocycles. The Morgan fingerprint density at radius 3 is 2.89 bits per heavy atom. The van der Waals surface area contributed by atoms with Crippen LogP contribution in [0.4, 0.5) is 0 Å². The zero-order valence-electron chi connectivity index (χ0n) is 9.84. The standard InChI is InChI=1S/C12H10N2OS3/c1-14-11(15)9-7(8-4-3-5-17-8)6-18-10(9)13-12(14)16-2/h3-6H,1-2H3. The van der Waals surface area contributed by atoms with Crippen LogP contribution in [0.15, 0.2) is 32.8 Å². The molecule has 0 atom stereocenters. The van der Waals surface area contributed by atoms with Gasteiger partial charge in [-0.05, 0) is 17.7 Å². The predicted octanol–water partition coefficient (Wildman–Crippen LogP) is 3.45. The van der Waals surface area contributed by atoms with Crippen molar-refractivity contribution in [1.82, 2.24) is 9.55 Å². The number of fused-ring (bicyclic) bond motifs is 1. The quantitative estimate of drug-likeness (QED) is 0.536. The van der Waals surface area contributed by atoms with Crippen molar-refractivity contribution in [3.8, 4) is 10.4 Å². The van der Waals surface area contributed by atoms with Crippen LogP contribution in [0.5, 0.6) is 0 Å². The lowest BCUT2D eigenvalue weighted by Crippen LogP contribution is -2.19. The zero-order valence-corrected chi connectivity index (χ0v) is 12.3. The molecule has 0 N–H and O–H groups in total. The topological polar surface area (TPSA) is 34.9 Å². The molecule has 0 spiro atoms. The SMILES string of the molecule is CSc1nc2scc(-c3cccs3)c2c(=O)n1C. The van der Waals surface area contributed by atoms with E-state index in [-0.39, 0.29) is 5.56 Å². The minimum Gasteiger partial charge on any atom is -0.290 e. The highest BCUT2D eigenvalue weighted by molar-refractivity contribution is 7.98. The van der Waals surface area contributed by atoms with Crippen LogP contribution >= 0.6 is 34.4 Å². The van der Waals surface area contributed by atoms with Crippen molar-refractivity contribution >= 4 is 44.7 Å². The molecule has 3 aromatic rings. The molecule has 3 heterocycles. The Kier molecular flexibility index (Phi) is 3.01. The minimum absolute atomic E-state index is 0.0361. The number of hydrogen-bond acceptors (Lipinski definition) is 5. The Bertz CT molecular complexity index is 756. The second-order valence-electron chi connectivity index (χ2n) is 3.77. The third-order valence-corrected chi connectivity index (χ3v) is 5.25. The number of thioether (sulfide) groups is 1. The Labute approximate surface area is 116 Å². The van der Waals surface area contributed by atoms with Crippen LogP contribution in [0.3, 0.4) is 0 Å². The first-order chi connectivity index (χ1) is 8.72. The van der Waals surface area contributed by atoms with Crippen molar-refractivity contribution in [2.24, 2.45) is 7.05 Å². The zero-order chi connectivity index (χ0) is 12.7. The van der Waals surface area contributed by atoms with Gasteiger partial charge in [-0.2, -0.15) is 0 Å². The van der Waals surface area contributed by atoms with E-state index in [2.05, 4.69) is 4.98 Å². The van der Waals surface area contributed by atoms with Gasteiger partial charge in [-0.1, -0.05) is 17.8 Å². The Morgan fingerprint density at radius 2 is 2.22 bits per heavy atom. The molecule has 0 aliphatic carbocycles. The number of thiophene rings is 2. The molecule has 0 fully saturated rings. The molecular formula is C12H10N2OS3. The van der Waals surface area contributed by atoms with E-state index in [1.54, 1.807) is 23.0 Å². The van der Waals surface area contributed by atoms with E-state index in [9.17, 15) is 4.79 Å². The monoisotopic (exact) mass is 294 g/mol. The van der Waals surface area contributed by atoms with Crippen molar-refractivity contribution in [2.45, 2.75) is 5.16 Å². The van der Waals surface area contributed by atoms with E-state index in [0.29, 0.717) is 0 Å². The second-order valence-corrected chi connectivity index (χ2v) is 6.35. The summed E-state index contributed by atoms with van der Waals surface area (Å²) < 4.78 is 1.62. The van der Waals surface area contributed by atoms with Crippen LogP contribution in [0.25, 0.3) is 20.7 Å². The summed E-state index contributed by atoms with van der Waals surface area (Å²) in [7, 11) is 1.77. The van der Waals surface area contributed by atoms with Crippen molar-refractivity contribution < 1.29 is 0 Å². The normalized spacial score (nSPS) is 11.2. The van der Waals surface area contributed by atoms with Crippen LogP contribution in [0, 0.1) is 0 Å². The van der Waals surface area contributed by atoms with Crippen molar-refractivity contribution in [2.75, 3.05) is 6.26 Å². The molecule has 0 saturated carbocycles. The van der Waals surface area contributed by atoms with Crippen LogP contribution in [-0.4, -0.2) is 15.8 Å². The Hall–Kier alpha value is -1.11. The van der Waals surface area contributed by atoms with Gasteiger partial charge in [0.05, 0.1) is 5.39 Å². The lowest BCUT2D eigenvalue weighted by atomic mass is 10.2. The van der Waals surface area contributed by atoms with Crippen molar-refractivity contribution in [3.05, 3.63) is 33.2 Å². The second kappa shape index (κ2) is 4.53. The number of nitrogens with zero attached hydrogens (tertiary/aromatic N) is 2. The van der Waals surface area contributed by atoms with E-state index < -0.39 is 0 Å². The molecular weight excluding hydrogens is 284 g/mol. The average Bonchev–Trinajstić information content (AvgIpc) is 3.01. The molecule has 0 radical (unpaired) electrons. The maximum Gasteiger partial charge on any atom is 0.263 e. The number of hydrogen-bond donors (Lipinski definition) is 0. The van der Waals surface area contributed by atoms with E-state index in [1.807, 2.05) is 29.1 Å². The van der Waals surface area contributed by atoms with Gasteiger partial charge in [0.15, 0.2) is 5.16 Å². The van der Waals surface area contributed by atoms with Gasteiger partial charge in [0.25, 0.3) is 5.56 Å². The summed E-state index contributed by atoms with van der Waals surface area (Å²) in [5.41, 5.74) is 1.04. The molecule has 0 unspecified atom stereocenters. The smallest absolute Gasteiger partial charge is 0.263 e. The molecule has 0 saturated heterocycles. The average molecular weight is 294 g/mol. The largest absolute Gasteiger partial charge is 0.290 e. The van der Waals surface area contributed by atoms with Crippen LogP contribution in [-0.2, 0) is 7.05 Å². The molecule has 3 rings (SSSR count). The molecule has 92 valence electrons. The van der Waals surface area contributed by atoms with E-state index in [0.717, 1.165) is 25.8 Å². The van der Waals surface area contributed by atoms with E-state index in [1.165, 1.54) is 23.1 Å². The molecule has 6 heteroatoms.